The maximum absolute atomic E-state index is 9.82. The molecule has 0 bridgehead atoms. The zero-order chi connectivity index (χ0) is 38.7. The second kappa shape index (κ2) is 11.5. The van der Waals surface area contributed by atoms with Crippen LogP contribution in [-0.4, -0.2) is 24.1 Å². The van der Waals surface area contributed by atoms with Crippen molar-refractivity contribution < 1.29 is 4.74 Å². The zero-order valence-electron chi connectivity index (χ0n) is 30.3. The van der Waals surface area contributed by atoms with Gasteiger partial charge in [0.2, 0.25) is 0 Å². The molecule has 10 aromatic rings. The van der Waals surface area contributed by atoms with Gasteiger partial charge in [-0.05, 0) is 77.7 Å². The van der Waals surface area contributed by atoms with Crippen LogP contribution in [0.5, 0.6) is 11.5 Å². The van der Waals surface area contributed by atoms with Gasteiger partial charge >= 0.3 is 0 Å². The molecule has 58 heavy (non-hydrogen) atoms. The van der Waals surface area contributed by atoms with Crippen molar-refractivity contribution in [2.45, 2.75) is 5.41 Å². The van der Waals surface area contributed by atoms with Crippen LogP contribution in [0, 0.1) is 29.2 Å². The van der Waals surface area contributed by atoms with E-state index >= 15 is 0 Å². The fraction of sp³-hybridized carbons (Fsp3) is 0.0204. The van der Waals surface area contributed by atoms with Crippen LogP contribution in [0.3, 0.4) is 0 Å². The maximum atomic E-state index is 9.82. The minimum atomic E-state index is -0.892. The summed E-state index contributed by atoms with van der Waals surface area (Å²) in [6.45, 7) is 7.75. The van der Waals surface area contributed by atoms with Crippen LogP contribution in [-0.2, 0) is 5.41 Å². The Hall–Kier alpha value is -8.58. The van der Waals surface area contributed by atoms with Crippen LogP contribution < -0.4 is 4.74 Å². The van der Waals surface area contributed by atoms with Crippen LogP contribution in [0.1, 0.15) is 33.5 Å². The number of hydrogen-bond donors (Lipinski definition) is 0. The van der Waals surface area contributed by atoms with E-state index in [4.69, 9.17) is 21.3 Å². The molecule has 1 aliphatic carbocycles. The Bertz CT molecular complexity index is 3540. The highest BCUT2D eigenvalue weighted by Gasteiger charge is 2.53. The number of pyridine rings is 3. The molecular formula is C49H24N8O. The van der Waals surface area contributed by atoms with Crippen molar-refractivity contribution in [3.05, 3.63) is 191 Å². The average molecular weight is 741 g/mol. The Morgan fingerprint density at radius 1 is 0.586 bits per heavy atom. The highest BCUT2D eigenvalue weighted by Crippen LogP contribution is 2.62. The molecule has 1 unspecified atom stereocenters. The molecule has 0 saturated heterocycles. The summed E-state index contributed by atoms with van der Waals surface area (Å²) in [6, 6.07) is 46.8. The molecule has 0 amide bonds. The molecule has 0 saturated carbocycles. The summed E-state index contributed by atoms with van der Waals surface area (Å²) in [5.74, 6) is 1.37. The number of nitrogens with zero attached hydrogens (tertiary/aromatic N) is 8. The van der Waals surface area contributed by atoms with E-state index in [-0.39, 0.29) is 0 Å². The molecule has 0 fully saturated rings. The van der Waals surface area contributed by atoms with Crippen molar-refractivity contribution in [2.75, 3.05) is 0 Å². The van der Waals surface area contributed by atoms with E-state index in [1.165, 1.54) is 0 Å². The van der Waals surface area contributed by atoms with Crippen LogP contribution in [0.25, 0.3) is 71.2 Å². The van der Waals surface area contributed by atoms with Crippen LogP contribution in [0.2, 0.25) is 0 Å². The van der Waals surface area contributed by atoms with Crippen molar-refractivity contribution >= 4 is 49.3 Å². The maximum Gasteiger partial charge on any atom is 0.188 e. The van der Waals surface area contributed by atoms with E-state index in [9.17, 15) is 10.5 Å². The lowest BCUT2D eigenvalue weighted by atomic mass is 9.66. The number of aromatic nitrogens is 5. The number of para-hydroxylation sites is 3. The van der Waals surface area contributed by atoms with Crippen molar-refractivity contribution in [3.63, 3.8) is 0 Å². The fourth-order valence-corrected chi connectivity index (χ4v) is 9.51. The quantitative estimate of drug-likeness (QED) is 0.163. The monoisotopic (exact) mass is 740 g/mol. The van der Waals surface area contributed by atoms with Crippen molar-refractivity contribution in [1.29, 1.82) is 10.5 Å². The molecule has 5 aromatic carbocycles. The summed E-state index contributed by atoms with van der Waals surface area (Å²) in [5.41, 5.74) is 11.2. The first-order chi connectivity index (χ1) is 28.6. The van der Waals surface area contributed by atoms with Crippen LogP contribution >= 0.6 is 0 Å². The molecule has 0 radical (unpaired) electrons. The van der Waals surface area contributed by atoms with E-state index < -0.39 is 5.41 Å². The number of rotatable bonds is 2. The smallest absolute Gasteiger partial charge is 0.188 e. The lowest BCUT2D eigenvalue weighted by Gasteiger charge is -2.39. The minimum absolute atomic E-state index is 0.294. The third-order valence-electron chi connectivity index (χ3n) is 11.8. The molecular weight excluding hydrogens is 717 g/mol. The molecule has 6 heterocycles. The van der Waals surface area contributed by atoms with E-state index in [2.05, 4.69) is 73.6 Å². The third-order valence-corrected chi connectivity index (χ3v) is 11.8. The Kier molecular flexibility index (Phi) is 6.28. The first-order valence-corrected chi connectivity index (χ1v) is 18.7. The zero-order valence-corrected chi connectivity index (χ0v) is 30.3. The molecule has 1 spiro atoms. The summed E-state index contributed by atoms with van der Waals surface area (Å²) in [6.07, 6.45) is 5.46. The molecule has 5 aromatic heterocycles. The summed E-state index contributed by atoms with van der Waals surface area (Å²) in [7, 11) is 0. The van der Waals surface area contributed by atoms with Gasteiger partial charge in [-0.25, -0.2) is 9.83 Å². The van der Waals surface area contributed by atoms with Gasteiger partial charge in [0.15, 0.2) is 11.4 Å². The fourth-order valence-electron chi connectivity index (χ4n) is 9.51. The second-order valence-electron chi connectivity index (χ2n) is 14.5. The van der Waals surface area contributed by atoms with Gasteiger partial charge in [0, 0.05) is 39.0 Å². The van der Waals surface area contributed by atoms with Gasteiger partial charge in [-0.1, -0.05) is 60.7 Å². The second-order valence-corrected chi connectivity index (χ2v) is 14.5. The lowest BCUT2D eigenvalue weighted by molar-refractivity contribution is 0.434. The van der Waals surface area contributed by atoms with Crippen molar-refractivity contribution in [3.8, 4) is 46.4 Å². The Labute approximate surface area is 330 Å². The predicted molar refractivity (Wildman–Crippen MR) is 222 cm³/mol. The van der Waals surface area contributed by atoms with E-state index in [0.29, 0.717) is 28.4 Å². The largest absolute Gasteiger partial charge is 0.454 e. The topological polar surface area (TPSA) is 110 Å². The molecule has 2 aliphatic rings. The van der Waals surface area contributed by atoms with Gasteiger partial charge in [0.25, 0.3) is 0 Å². The first-order valence-electron chi connectivity index (χ1n) is 18.7. The average Bonchev–Trinajstić information content (AvgIpc) is 3.89. The first kappa shape index (κ1) is 31.7. The van der Waals surface area contributed by atoms with Gasteiger partial charge in [-0.2, -0.15) is 10.5 Å². The SMILES string of the molecule is [C-]#[N+]c1ccc2c(c1)c1cc(C#N)ncc1n2-c1cccc2c1Oc1ccccc1C21c2cccnc2-c2ncc(-n3c4ccccc4c4cc(C#N)ccc43)cc21. The molecule has 1 atom stereocenters. The van der Waals surface area contributed by atoms with Crippen molar-refractivity contribution in [2.24, 2.45) is 0 Å². The van der Waals surface area contributed by atoms with Crippen LogP contribution in [0.15, 0.2) is 146 Å². The molecule has 9 nitrogen and oxygen atoms in total. The Balaban J connectivity index is 1.19. The standard InChI is InChI=1S/C49H24N8O/c1-52-29-16-18-42-34(21-29)35-22-30(25-51)54-27-44(35)57(42)43-13-6-10-38-48(43)58-45-14-5-3-9-36(45)49(38)37-11-7-19-53-46(37)47-39(49)23-31(26-55-47)56-40-12-4-2-8-32(40)33-20-28(24-50)15-17-41(33)56/h2-23,26-27H. The van der Waals surface area contributed by atoms with Crippen molar-refractivity contribution in [1.82, 2.24) is 24.1 Å². The molecule has 266 valence electrons. The Morgan fingerprint density at radius 2 is 1.34 bits per heavy atom. The van der Waals surface area contributed by atoms with Gasteiger partial charge in [0.05, 0.1) is 80.8 Å². The van der Waals surface area contributed by atoms with Gasteiger partial charge in [0.1, 0.15) is 17.5 Å². The number of benzene rings is 5. The Morgan fingerprint density at radius 3 is 2.24 bits per heavy atom. The van der Waals surface area contributed by atoms with Gasteiger partial charge < -0.3 is 13.9 Å². The summed E-state index contributed by atoms with van der Waals surface area (Å²) >= 11 is 0. The van der Waals surface area contributed by atoms with Gasteiger partial charge in [-0.3, -0.25) is 9.97 Å². The minimum Gasteiger partial charge on any atom is -0.454 e. The number of hydrogen-bond acceptors (Lipinski definition) is 6. The highest BCUT2D eigenvalue weighted by molar-refractivity contribution is 6.11. The van der Waals surface area contributed by atoms with E-state index in [1.807, 2.05) is 91.3 Å². The lowest BCUT2D eigenvalue weighted by Crippen LogP contribution is -2.32. The van der Waals surface area contributed by atoms with E-state index in [0.717, 1.165) is 88.6 Å². The van der Waals surface area contributed by atoms with E-state index in [1.54, 1.807) is 12.3 Å². The number of fused-ring (bicyclic) bond motifs is 15. The molecule has 0 N–H and O–H groups in total. The third kappa shape index (κ3) is 3.97. The molecule has 9 heteroatoms. The number of nitriles is 2. The predicted octanol–water partition coefficient (Wildman–Crippen LogP) is 10.8. The normalized spacial score (nSPS) is 14.7. The molecule has 1 aliphatic heterocycles. The summed E-state index contributed by atoms with van der Waals surface area (Å²) in [4.78, 5) is 18.4. The highest BCUT2D eigenvalue weighted by atomic mass is 16.5. The van der Waals surface area contributed by atoms with Gasteiger partial charge in [-0.15, -0.1) is 0 Å². The van der Waals surface area contributed by atoms with Crippen LogP contribution in [0.4, 0.5) is 5.69 Å². The molecule has 12 rings (SSSR count). The summed E-state index contributed by atoms with van der Waals surface area (Å²) in [5, 5.41) is 23.3. The number of ether oxygens (including phenoxy) is 1. The summed E-state index contributed by atoms with van der Waals surface area (Å²) < 4.78 is 11.4.